The molecule has 3 saturated carbocycles. The SMILES string of the molecule is C=C[C@@]1(C)CC[C@]2(C)[C@H](C1)C(=O)C[C@@H]1[C@]3(C)CCC[C@@]12OC3=O. The Morgan fingerprint density at radius 3 is 2.57 bits per heavy atom. The van der Waals surface area contributed by atoms with E-state index in [4.69, 9.17) is 4.74 Å². The number of hydrogen-bond donors (Lipinski definition) is 0. The molecular weight excluding hydrogens is 288 g/mol. The largest absolute Gasteiger partial charge is 0.458 e. The van der Waals surface area contributed by atoms with Gasteiger partial charge in [0.05, 0.1) is 5.41 Å². The first-order valence-corrected chi connectivity index (χ1v) is 9.11. The zero-order chi connectivity index (χ0) is 16.7. The van der Waals surface area contributed by atoms with Crippen molar-refractivity contribution in [1.29, 1.82) is 0 Å². The van der Waals surface area contributed by atoms with Crippen LogP contribution in [0, 0.1) is 28.1 Å². The fourth-order valence-corrected chi connectivity index (χ4v) is 6.44. The lowest BCUT2D eigenvalue weighted by molar-refractivity contribution is -0.202. The number of Topliss-reactive ketones (excluding diaryl/α,β-unsaturated/α-hetero) is 1. The van der Waals surface area contributed by atoms with Gasteiger partial charge in [-0.25, -0.2) is 0 Å². The molecule has 0 unspecified atom stereocenters. The van der Waals surface area contributed by atoms with Crippen molar-refractivity contribution in [3.05, 3.63) is 12.7 Å². The van der Waals surface area contributed by atoms with Crippen molar-refractivity contribution in [2.24, 2.45) is 28.1 Å². The fraction of sp³-hybridized carbons (Fsp3) is 0.800. The normalized spacial score (nSPS) is 54.9. The zero-order valence-corrected chi connectivity index (χ0v) is 14.6. The van der Waals surface area contributed by atoms with Crippen molar-refractivity contribution < 1.29 is 14.3 Å². The van der Waals surface area contributed by atoms with Gasteiger partial charge < -0.3 is 4.74 Å². The Morgan fingerprint density at radius 2 is 1.87 bits per heavy atom. The van der Waals surface area contributed by atoms with Crippen molar-refractivity contribution in [2.45, 2.75) is 71.3 Å². The molecule has 23 heavy (non-hydrogen) atoms. The molecule has 3 nitrogen and oxygen atoms in total. The minimum atomic E-state index is -0.443. The second-order valence-corrected chi connectivity index (χ2v) is 9.31. The monoisotopic (exact) mass is 316 g/mol. The molecule has 0 aromatic carbocycles. The highest BCUT2D eigenvalue weighted by Crippen LogP contribution is 2.70. The maximum atomic E-state index is 13.1. The summed E-state index contributed by atoms with van der Waals surface area (Å²) in [6.07, 6.45) is 8.22. The summed E-state index contributed by atoms with van der Waals surface area (Å²) in [6, 6.07) is 0. The number of ether oxygens (including phenoxy) is 1. The van der Waals surface area contributed by atoms with Crippen molar-refractivity contribution >= 4 is 11.8 Å². The average molecular weight is 316 g/mol. The maximum Gasteiger partial charge on any atom is 0.312 e. The van der Waals surface area contributed by atoms with Gasteiger partial charge in [0.2, 0.25) is 0 Å². The summed E-state index contributed by atoms with van der Waals surface area (Å²) in [5.74, 6) is 0.390. The van der Waals surface area contributed by atoms with E-state index in [1.54, 1.807) is 0 Å². The number of hydrogen-bond acceptors (Lipinski definition) is 3. The molecule has 1 aliphatic heterocycles. The first kappa shape index (κ1) is 15.4. The van der Waals surface area contributed by atoms with Crippen molar-refractivity contribution in [3.63, 3.8) is 0 Å². The molecule has 0 N–H and O–H groups in total. The first-order valence-electron chi connectivity index (χ1n) is 9.11. The minimum absolute atomic E-state index is 0.00347. The van der Waals surface area contributed by atoms with Gasteiger partial charge >= 0.3 is 5.97 Å². The number of carbonyl (C=O) groups excluding carboxylic acids is 2. The average Bonchev–Trinajstić information content (AvgIpc) is 2.64. The second-order valence-electron chi connectivity index (χ2n) is 9.31. The Kier molecular flexibility index (Phi) is 2.87. The van der Waals surface area contributed by atoms with E-state index >= 15 is 0 Å². The van der Waals surface area contributed by atoms with E-state index in [2.05, 4.69) is 20.4 Å². The van der Waals surface area contributed by atoms with E-state index in [1.807, 2.05) is 13.0 Å². The lowest BCUT2D eigenvalue weighted by atomic mass is 9.42. The Hall–Kier alpha value is -1.12. The van der Waals surface area contributed by atoms with Gasteiger partial charge in [-0.05, 0) is 50.9 Å². The molecule has 1 saturated heterocycles. The molecule has 4 rings (SSSR count). The number of fused-ring (bicyclic) bond motifs is 1. The molecule has 0 spiro atoms. The van der Waals surface area contributed by atoms with Crippen LogP contribution >= 0.6 is 0 Å². The third kappa shape index (κ3) is 1.62. The molecule has 6 atom stereocenters. The molecule has 0 aromatic heterocycles. The lowest BCUT2D eigenvalue weighted by Gasteiger charge is -2.61. The molecule has 4 fully saturated rings. The highest BCUT2D eigenvalue weighted by Gasteiger charge is 2.75. The highest BCUT2D eigenvalue weighted by molar-refractivity contribution is 5.89. The number of ketones is 1. The van der Waals surface area contributed by atoms with E-state index < -0.39 is 11.0 Å². The first-order chi connectivity index (χ1) is 10.7. The molecule has 0 aromatic rings. The van der Waals surface area contributed by atoms with Gasteiger partial charge in [-0.2, -0.15) is 0 Å². The molecular formula is C20H28O3. The second kappa shape index (κ2) is 4.29. The van der Waals surface area contributed by atoms with E-state index in [0.717, 1.165) is 38.5 Å². The van der Waals surface area contributed by atoms with Crippen molar-refractivity contribution in [3.8, 4) is 0 Å². The summed E-state index contributed by atoms with van der Waals surface area (Å²) in [6.45, 7) is 10.5. The quantitative estimate of drug-likeness (QED) is 0.541. The maximum absolute atomic E-state index is 13.1. The fourth-order valence-electron chi connectivity index (χ4n) is 6.44. The molecule has 0 amide bonds. The van der Waals surface area contributed by atoms with E-state index in [9.17, 15) is 9.59 Å². The lowest BCUT2D eigenvalue weighted by Crippen LogP contribution is -2.65. The van der Waals surface area contributed by atoms with Crippen LogP contribution in [0.25, 0.3) is 0 Å². The van der Waals surface area contributed by atoms with Crippen LogP contribution in [0.5, 0.6) is 0 Å². The minimum Gasteiger partial charge on any atom is -0.458 e. The standard InChI is InChI=1S/C20H28O3/c1-5-17(2)9-10-19(4)13(12-17)14(21)11-15-18(3)7-6-8-20(15,19)23-16(18)22/h5,13,15H,1,6-12H2,2-4H3/t13-,15-,17+,18+,19-,20-/m1/s1. The van der Waals surface area contributed by atoms with Crippen LogP contribution in [-0.2, 0) is 14.3 Å². The summed E-state index contributed by atoms with van der Waals surface area (Å²) in [7, 11) is 0. The van der Waals surface area contributed by atoms with Gasteiger partial charge in [-0.1, -0.05) is 19.9 Å². The van der Waals surface area contributed by atoms with Crippen molar-refractivity contribution in [2.75, 3.05) is 0 Å². The smallest absolute Gasteiger partial charge is 0.312 e. The summed E-state index contributed by atoms with van der Waals surface area (Å²) in [4.78, 5) is 25.8. The molecule has 1 heterocycles. The van der Waals surface area contributed by atoms with Crippen LogP contribution in [0.2, 0.25) is 0 Å². The van der Waals surface area contributed by atoms with Gasteiger partial charge in [0.25, 0.3) is 0 Å². The number of esters is 1. The van der Waals surface area contributed by atoms with E-state index in [0.29, 0.717) is 12.2 Å². The van der Waals surface area contributed by atoms with Crippen LogP contribution < -0.4 is 0 Å². The van der Waals surface area contributed by atoms with Crippen LogP contribution in [0.3, 0.4) is 0 Å². The zero-order valence-electron chi connectivity index (χ0n) is 14.6. The van der Waals surface area contributed by atoms with Gasteiger partial charge in [0, 0.05) is 23.7 Å². The van der Waals surface area contributed by atoms with Gasteiger partial charge in [0.1, 0.15) is 11.4 Å². The van der Waals surface area contributed by atoms with E-state index in [-0.39, 0.29) is 28.6 Å². The molecule has 0 radical (unpaired) electrons. The summed E-state index contributed by atoms with van der Waals surface area (Å²) in [5.41, 5.74) is -1.02. The van der Waals surface area contributed by atoms with Gasteiger partial charge in [-0.15, -0.1) is 6.58 Å². The Balaban J connectivity index is 1.83. The molecule has 4 aliphatic rings. The van der Waals surface area contributed by atoms with Gasteiger partial charge in [-0.3, -0.25) is 9.59 Å². The highest BCUT2D eigenvalue weighted by atomic mass is 16.6. The van der Waals surface area contributed by atoms with E-state index in [1.165, 1.54) is 0 Å². The third-order valence-corrected chi connectivity index (χ3v) is 8.23. The number of allylic oxidation sites excluding steroid dienone is 1. The molecule has 3 heteroatoms. The molecule has 3 aliphatic carbocycles. The Bertz CT molecular complexity index is 610. The van der Waals surface area contributed by atoms with Crippen LogP contribution in [0.15, 0.2) is 12.7 Å². The third-order valence-electron chi connectivity index (χ3n) is 8.23. The summed E-state index contributed by atoms with van der Waals surface area (Å²) in [5, 5.41) is 0. The van der Waals surface area contributed by atoms with Crippen LogP contribution in [0.4, 0.5) is 0 Å². The van der Waals surface area contributed by atoms with Crippen molar-refractivity contribution in [1.82, 2.24) is 0 Å². The van der Waals surface area contributed by atoms with Crippen LogP contribution in [0.1, 0.15) is 65.7 Å². The predicted octanol–water partition coefficient (Wildman–Crippen LogP) is 4.06. The molecule has 126 valence electrons. The number of carbonyl (C=O) groups is 2. The number of rotatable bonds is 1. The summed E-state index contributed by atoms with van der Waals surface area (Å²) >= 11 is 0. The topological polar surface area (TPSA) is 43.4 Å². The Labute approximate surface area is 138 Å². The predicted molar refractivity (Wildman–Crippen MR) is 87.6 cm³/mol. The van der Waals surface area contributed by atoms with Crippen LogP contribution in [-0.4, -0.2) is 17.4 Å². The molecule has 2 bridgehead atoms. The summed E-state index contributed by atoms with van der Waals surface area (Å²) < 4.78 is 6.19. The van der Waals surface area contributed by atoms with Gasteiger partial charge in [0.15, 0.2) is 0 Å². The Morgan fingerprint density at radius 1 is 1.13 bits per heavy atom.